The average Bonchev–Trinajstić information content (AvgIpc) is 2.84. The molecule has 0 heterocycles. The van der Waals surface area contributed by atoms with E-state index in [9.17, 15) is 9.59 Å². The van der Waals surface area contributed by atoms with E-state index in [-0.39, 0.29) is 18.2 Å². The van der Waals surface area contributed by atoms with Crippen molar-refractivity contribution in [3.8, 4) is 0 Å². The van der Waals surface area contributed by atoms with Crippen LogP contribution in [-0.2, 0) is 29.0 Å². The van der Waals surface area contributed by atoms with Crippen LogP contribution in [-0.4, -0.2) is 29.3 Å². The maximum Gasteiger partial charge on any atom is 0.243 e. The Hall–Kier alpha value is -2.82. The van der Waals surface area contributed by atoms with Crippen LogP contribution < -0.4 is 5.32 Å². The van der Waals surface area contributed by atoms with Crippen LogP contribution >= 0.6 is 23.2 Å². The molecular formula is C28H30Cl2N2O2. The van der Waals surface area contributed by atoms with Gasteiger partial charge >= 0.3 is 0 Å². The van der Waals surface area contributed by atoms with Crippen LogP contribution in [0.5, 0.6) is 0 Å². The number of carbonyl (C=O) groups excluding carboxylic acids is 2. The first-order valence-electron chi connectivity index (χ1n) is 11.6. The van der Waals surface area contributed by atoms with Crippen molar-refractivity contribution in [1.82, 2.24) is 10.2 Å². The van der Waals surface area contributed by atoms with E-state index in [1.807, 2.05) is 79.7 Å². The molecule has 4 nitrogen and oxygen atoms in total. The quantitative estimate of drug-likeness (QED) is 0.349. The lowest BCUT2D eigenvalue weighted by Crippen LogP contribution is -2.50. The molecule has 0 saturated carbocycles. The zero-order valence-corrected chi connectivity index (χ0v) is 20.9. The molecule has 0 bridgehead atoms. The highest BCUT2D eigenvalue weighted by Gasteiger charge is 2.30. The normalized spacial score (nSPS) is 11.6. The Labute approximate surface area is 211 Å². The van der Waals surface area contributed by atoms with Crippen molar-refractivity contribution >= 4 is 35.0 Å². The molecule has 0 aromatic heterocycles. The average molecular weight is 497 g/mol. The number of carbonyl (C=O) groups is 2. The van der Waals surface area contributed by atoms with Crippen molar-refractivity contribution in [1.29, 1.82) is 0 Å². The maximum absolute atomic E-state index is 13.6. The number of rotatable bonds is 11. The summed E-state index contributed by atoms with van der Waals surface area (Å²) in [5, 5.41) is 4.22. The first-order chi connectivity index (χ1) is 16.5. The Morgan fingerprint density at radius 1 is 0.912 bits per heavy atom. The maximum atomic E-state index is 13.6. The van der Waals surface area contributed by atoms with E-state index in [0.717, 1.165) is 23.1 Å². The van der Waals surface area contributed by atoms with Crippen LogP contribution in [0.1, 0.15) is 36.5 Å². The van der Waals surface area contributed by atoms with E-state index in [0.29, 0.717) is 36.0 Å². The first-order valence-corrected chi connectivity index (χ1v) is 12.3. The Morgan fingerprint density at radius 3 is 2.32 bits per heavy atom. The number of hydrogen-bond donors (Lipinski definition) is 1. The Balaban J connectivity index is 1.90. The van der Waals surface area contributed by atoms with E-state index in [4.69, 9.17) is 23.2 Å². The Morgan fingerprint density at radius 2 is 1.62 bits per heavy atom. The first kappa shape index (κ1) is 25.8. The lowest BCUT2D eigenvalue weighted by molar-refractivity contribution is -0.141. The Bertz CT molecular complexity index is 1090. The zero-order valence-electron chi connectivity index (χ0n) is 19.3. The molecule has 2 amide bonds. The molecule has 0 saturated heterocycles. The minimum absolute atomic E-state index is 0.104. The molecule has 178 valence electrons. The molecule has 6 heteroatoms. The van der Waals surface area contributed by atoms with Gasteiger partial charge in [-0.25, -0.2) is 0 Å². The third kappa shape index (κ3) is 7.61. The topological polar surface area (TPSA) is 49.4 Å². The summed E-state index contributed by atoms with van der Waals surface area (Å²) in [6.07, 6.45) is 1.99. The number of aryl methyl sites for hydroxylation is 1. The van der Waals surface area contributed by atoms with Crippen LogP contribution in [0.2, 0.25) is 10.0 Å². The van der Waals surface area contributed by atoms with Crippen molar-refractivity contribution in [3.05, 3.63) is 106 Å². The van der Waals surface area contributed by atoms with E-state index in [1.165, 1.54) is 0 Å². The third-order valence-corrected chi connectivity index (χ3v) is 6.23. The van der Waals surface area contributed by atoms with Gasteiger partial charge < -0.3 is 10.2 Å². The molecule has 0 aliphatic rings. The van der Waals surface area contributed by atoms with Gasteiger partial charge in [0.2, 0.25) is 11.8 Å². The SMILES string of the molecule is CCCNC(=O)C(Cc1ccccc1)N(Cc1cccc(Cl)c1)C(=O)CCc1ccccc1Cl. The second-order valence-electron chi connectivity index (χ2n) is 8.24. The van der Waals surface area contributed by atoms with E-state index in [2.05, 4.69) is 5.32 Å². The summed E-state index contributed by atoms with van der Waals surface area (Å²) in [5.41, 5.74) is 2.78. The number of hydrogen-bond acceptors (Lipinski definition) is 2. The van der Waals surface area contributed by atoms with Crippen molar-refractivity contribution in [3.63, 3.8) is 0 Å². The monoisotopic (exact) mass is 496 g/mol. The van der Waals surface area contributed by atoms with Gasteiger partial charge in [0.1, 0.15) is 6.04 Å². The summed E-state index contributed by atoms with van der Waals surface area (Å²) in [5.74, 6) is -0.258. The fourth-order valence-electron chi connectivity index (χ4n) is 3.84. The largest absolute Gasteiger partial charge is 0.354 e. The standard InChI is InChI=1S/C28H30Cl2N2O2/c1-2-17-31-28(34)26(19-21-9-4-3-5-10-21)32(20-22-11-8-13-24(29)18-22)27(33)16-15-23-12-6-7-14-25(23)30/h3-14,18,26H,2,15-17,19-20H2,1H3,(H,31,34). The van der Waals surface area contributed by atoms with Crippen LogP contribution in [0.3, 0.4) is 0 Å². The van der Waals surface area contributed by atoms with Crippen LogP contribution in [0, 0.1) is 0 Å². The fraction of sp³-hybridized carbons (Fsp3) is 0.286. The van der Waals surface area contributed by atoms with Gasteiger partial charge in [0, 0.05) is 36.0 Å². The van der Waals surface area contributed by atoms with Gasteiger partial charge in [-0.05, 0) is 47.7 Å². The van der Waals surface area contributed by atoms with Crippen LogP contribution in [0.4, 0.5) is 0 Å². The molecule has 1 unspecified atom stereocenters. The predicted octanol–water partition coefficient (Wildman–Crippen LogP) is 6.09. The highest BCUT2D eigenvalue weighted by Crippen LogP contribution is 2.21. The van der Waals surface area contributed by atoms with Gasteiger partial charge in [0.05, 0.1) is 0 Å². The molecule has 0 fully saturated rings. The lowest BCUT2D eigenvalue weighted by atomic mass is 10.0. The number of halogens is 2. The smallest absolute Gasteiger partial charge is 0.243 e. The fourth-order valence-corrected chi connectivity index (χ4v) is 4.28. The van der Waals surface area contributed by atoms with Gasteiger partial charge in [-0.2, -0.15) is 0 Å². The van der Waals surface area contributed by atoms with E-state index in [1.54, 1.807) is 11.0 Å². The minimum Gasteiger partial charge on any atom is -0.354 e. The van der Waals surface area contributed by atoms with Gasteiger partial charge in [-0.1, -0.05) is 90.8 Å². The summed E-state index contributed by atoms with van der Waals surface area (Å²) in [6, 6.07) is 24.1. The van der Waals surface area contributed by atoms with Crippen molar-refractivity contribution in [2.24, 2.45) is 0 Å². The number of nitrogens with one attached hydrogen (secondary N) is 1. The number of amides is 2. The summed E-state index contributed by atoms with van der Waals surface area (Å²) < 4.78 is 0. The second-order valence-corrected chi connectivity index (χ2v) is 9.08. The van der Waals surface area contributed by atoms with E-state index < -0.39 is 6.04 Å². The minimum atomic E-state index is -0.647. The van der Waals surface area contributed by atoms with Gasteiger partial charge in [-0.15, -0.1) is 0 Å². The molecule has 0 aliphatic carbocycles. The van der Waals surface area contributed by atoms with Crippen LogP contribution in [0.25, 0.3) is 0 Å². The summed E-state index contributed by atoms with van der Waals surface area (Å²) in [4.78, 5) is 28.6. The molecule has 0 aliphatic heterocycles. The highest BCUT2D eigenvalue weighted by atomic mass is 35.5. The zero-order chi connectivity index (χ0) is 24.3. The van der Waals surface area contributed by atoms with Gasteiger partial charge in [-0.3, -0.25) is 9.59 Å². The van der Waals surface area contributed by atoms with Crippen molar-refractivity contribution in [2.45, 2.75) is 45.2 Å². The highest BCUT2D eigenvalue weighted by molar-refractivity contribution is 6.31. The van der Waals surface area contributed by atoms with Gasteiger partial charge in [0.25, 0.3) is 0 Å². The molecule has 3 rings (SSSR count). The lowest BCUT2D eigenvalue weighted by Gasteiger charge is -2.32. The number of benzene rings is 3. The molecular weight excluding hydrogens is 467 g/mol. The molecule has 1 N–H and O–H groups in total. The molecule has 3 aromatic rings. The number of nitrogens with zero attached hydrogens (tertiary/aromatic N) is 1. The molecule has 3 aromatic carbocycles. The van der Waals surface area contributed by atoms with Crippen LogP contribution in [0.15, 0.2) is 78.9 Å². The van der Waals surface area contributed by atoms with Crippen molar-refractivity contribution < 1.29 is 9.59 Å². The molecule has 34 heavy (non-hydrogen) atoms. The summed E-state index contributed by atoms with van der Waals surface area (Å²) in [6.45, 7) is 2.85. The summed E-state index contributed by atoms with van der Waals surface area (Å²) in [7, 11) is 0. The van der Waals surface area contributed by atoms with Crippen molar-refractivity contribution in [2.75, 3.05) is 6.54 Å². The predicted molar refractivity (Wildman–Crippen MR) is 139 cm³/mol. The molecule has 1 atom stereocenters. The Kier molecular flexibility index (Phi) is 9.99. The molecule has 0 radical (unpaired) electrons. The second kappa shape index (κ2) is 13.2. The van der Waals surface area contributed by atoms with Gasteiger partial charge in [0.15, 0.2) is 0 Å². The summed E-state index contributed by atoms with van der Waals surface area (Å²) >= 11 is 12.5. The van der Waals surface area contributed by atoms with E-state index >= 15 is 0 Å². The molecule has 0 spiro atoms. The third-order valence-electron chi connectivity index (χ3n) is 5.63.